The summed E-state index contributed by atoms with van der Waals surface area (Å²) in [7, 11) is 0. The largest absolute Gasteiger partial charge is 0.391 e. The van der Waals surface area contributed by atoms with Crippen LogP contribution in [0.25, 0.3) is 0 Å². The Morgan fingerprint density at radius 2 is 1.88 bits per heavy atom. The second-order valence-electron chi connectivity index (χ2n) is 4.87. The molecule has 0 spiro atoms. The van der Waals surface area contributed by atoms with E-state index in [0.717, 1.165) is 13.0 Å². The molecule has 0 aromatic rings. The van der Waals surface area contributed by atoms with Crippen LogP contribution >= 0.6 is 0 Å². The summed E-state index contributed by atoms with van der Waals surface area (Å²) in [5.41, 5.74) is 0. The zero-order valence-electron chi connectivity index (χ0n) is 10.4. The molecule has 1 unspecified atom stereocenters. The molecule has 0 amide bonds. The van der Waals surface area contributed by atoms with E-state index in [2.05, 4.69) is 18.8 Å². The predicted octanol–water partition coefficient (Wildman–Crippen LogP) is 3.91. The molecule has 0 aliphatic heterocycles. The molecular weight excluding hydrogens is 227 g/mol. The summed E-state index contributed by atoms with van der Waals surface area (Å²) in [6.07, 6.45) is 0.704. The molecule has 1 rings (SSSR count). The molecule has 0 aromatic carbocycles. The van der Waals surface area contributed by atoms with E-state index in [1.165, 1.54) is 0 Å². The Kier molecular flexibility index (Phi) is 5.50. The van der Waals surface area contributed by atoms with E-state index in [4.69, 9.17) is 0 Å². The molecule has 1 aliphatic carbocycles. The molecule has 1 atom stereocenters. The molecule has 1 N–H and O–H groups in total. The van der Waals surface area contributed by atoms with Gasteiger partial charge in [0.25, 0.3) is 0 Å². The summed E-state index contributed by atoms with van der Waals surface area (Å²) in [6, 6.07) is 0.170. The Bertz CT molecular complexity index is 229. The summed E-state index contributed by atoms with van der Waals surface area (Å²) < 4.78 is 37.6. The molecule has 1 saturated carbocycles. The first-order chi connectivity index (χ1) is 7.99. The first kappa shape index (κ1) is 14.6. The summed E-state index contributed by atoms with van der Waals surface area (Å²) in [6.45, 7) is 6.75. The van der Waals surface area contributed by atoms with Gasteiger partial charge in [-0.2, -0.15) is 13.2 Å². The summed E-state index contributed by atoms with van der Waals surface area (Å²) in [5.74, 6) is -0.770. The minimum absolute atomic E-state index is 0.170. The van der Waals surface area contributed by atoms with Gasteiger partial charge < -0.3 is 5.32 Å². The fourth-order valence-corrected chi connectivity index (χ4v) is 2.56. The lowest BCUT2D eigenvalue weighted by Gasteiger charge is -2.33. The van der Waals surface area contributed by atoms with Crippen molar-refractivity contribution >= 4 is 0 Å². The second-order valence-corrected chi connectivity index (χ2v) is 4.87. The maximum atomic E-state index is 12.5. The van der Waals surface area contributed by atoms with Gasteiger partial charge in [-0.25, -0.2) is 0 Å². The third-order valence-electron chi connectivity index (χ3n) is 3.63. The van der Waals surface area contributed by atoms with Gasteiger partial charge in [-0.3, -0.25) is 0 Å². The van der Waals surface area contributed by atoms with E-state index in [9.17, 15) is 13.2 Å². The summed E-state index contributed by atoms with van der Waals surface area (Å²) >= 11 is 0. The van der Waals surface area contributed by atoms with Crippen molar-refractivity contribution in [3.05, 3.63) is 12.7 Å². The van der Waals surface area contributed by atoms with Crippen molar-refractivity contribution in [2.24, 2.45) is 11.8 Å². The zero-order chi connectivity index (χ0) is 12.9. The third kappa shape index (κ3) is 4.34. The Hall–Kier alpha value is -0.510. The van der Waals surface area contributed by atoms with E-state index in [1.807, 2.05) is 6.08 Å². The summed E-state index contributed by atoms with van der Waals surface area (Å²) in [4.78, 5) is 0. The van der Waals surface area contributed by atoms with Crippen molar-refractivity contribution in [2.75, 3.05) is 6.54 Å². The van der Waals surface area contributed by atoms with E-state index in [1.54, 1.807) is 0 Å². The number of nitrogens with one attached hydrogen (secondary N) is 1. The van der Waals surface area contributed by atoms with E-state index >= 15 is 0 Å². The van der Waals surface area contributed by atoms with Crippen molar-refractivity contribution < 1.29 is 13.2 Å². The fourth-order valence-electron chi connectivity index (χ4n) is 2.56. The van der Waals surface area contributed by atoms with Crippen LogP contribution in [0.3, 0.4) is 0 Å². The average Bonchev–Trinajstić information content (AvgIpc) is 2.29. The summed E-state index contributed by atoms with van der Waals surface area (Å²) in [5, 5.41) is 3.34. The van der Waals surface area contributed by atoms with Gasteiger partial charge in [0.05, 0.1) is 5.92 Å². The first-order valence-electron chi connectivity index (χ1n) is 6.41. The van der Waals surface area contributed by atoms with Gasteiger partial charge in [0, 0.05) is 6.04 Å². The SMILES string of the molecule is C=CC(NCCC)C1CCC(C(F)(F)F)CC1. The quantitative estimate of drug-likeness (QED) is 0.728. The van der Waals surface area contributed by atoms with Crippen molar-refractivity contribution in [1.29, 1.82) is 0 Å². The molecule has 1 fully saturated rings. The Morgan fingerprint density at radius 3 is 2.29 bits per heavy atom. The third-order valence-corrected chi connectivity index (χ3v) is 3.63. The fraction of sp³-hybridized carbons (Fsp3) is 0.846. The lowest BCUT2D eigenvalue weighted by atomic mass is 9.78. The van der Waals surface area contributed by atoms with Gasteiger partial charge in [0.15, 0.2) is 0 Å². The number of hydrogen-bond donors (Lipinski definition) is 1. The molecular formula is C13H22F3N. The highest BCUT2D eigenvalue weighted by Crippen LogP contribution is 2.40. The molecule has 0 radical (unpaired) electrons. The van der Waals surface area contributed by atoms with E-state index in [0.29, 0.717) is 18.8 Å². The van der Waals surface area contributed by atoms with Crippen LogP contribution in [-0.4, -0.2) is 18.8 Å². The van der Waals surface area contributed by atoms with Gasteiger partial charge in [-0.1, -0.05) is 13.0 Å². The molecule has 0 saturated heterocycles. The van der Waals surface area contributed by atoms with E-state index in [-0.39, 0.29) is 18.9 Å². The van der Waals surface area contributed by atoms with Crippen LogP contribution in [0.1, 0.15) is 39.0 Å². The molecule has 0 bridgehead atoms. The Labute approximate surface area is 101 Å². The van der Waals surface area contributed by atoms with Crippen LogP contribution in [0, 0.1) is 11.8 Å². The Morgan fingerprint density at radius 1 is 1.29 bits per heavy atom. The molecule has 0 heterocycles. The van der Waals surface area contributed by atoms with E-state index < -0.39 is 12.1 Å². The van der Waals surface area contributed by atoms with Gasteiger partial charge in [-0.05, 0) is 44.6 Å². The topological polar surface area (TPSA) is 12.0 Å². The smallest absolute Gasteiger partial charge is 0.310 e. The number of rotatable bonds is 5. The van der Waals surface area contributed by atoms with Crippen LogP contribution < -0.4 is 5.32 Å². The maximum absolute atomic E-state index is 12.5. The van der Waals surface area contributed by atoms with Crippen molar-refractivity contribution in [2.45, 2.75) is 51.2 Å². The van der Waals surface area contributed by atoms with Crippen LogP contribution in [0.5, 0.6) is 0 Å². The average molecular weight is 249 g/mol. The standard InChI is InChI=1S/C13H22F3N/c1-3-9-17-12(4-2)10-5-7-11(8-6-10)13(14,15)16/h4,10-12,17H,2-3,5-9H2,1H3. The van der Waals surface area contributed by atoms with Crippen molar-refractivity contribution in [3.8, 4) is 0 Å². The molecule has 4 heteroatoms. The second kappa shape index (κ2) is 6.43. The molecule has 1 nitrogen and oxygen atoms in total. The lowest BCUT2D eigenvalue weighted by molar-refractivity contribution is -0.184. The van der Waals surface area contributed by atoms with Gasteiger partial charge in [0.1, 0.15) is 0 Å². The monoisotopic (exact) mass is 249 g/mol. The van der Waals surface area contributed by atoms with Crippen molar-refractivity contribution in [1.82, 2.24) is 5.32 Å². The van der Waals surface area contributed by atoms with Gasteiger partial charge in [0.2, 0.25) is 0 Å². The highest BCUT2D eigenvalue weighted by Gasteiger charge is 2.42. The number of alkyl halides is 3. The molecule has 17 heavy (non-hydrogen) atoms. The molecule has 0 aromatic heterocycles. The maximum Gasteiger partial charge on any atom is 0.391 e. The van der Waals surface area contributed by atoms with Crippen LogP contribution in [0.4, 0.5) is 13.2 Å². The number of hydrogen-bond acceptors (Lipinski definition) is 1. The minimum atomic E-state index is -4.01. The van der Waals surface area contributed by atoms with Crippen molar-refractivity contribution in [3.63, 3.8) is 0 Å². The molecule has 1 aliphatic rings. The Balaban J connectivity index is 2.42. The predicted molar refractivity (Wildman–Crippen MR) is 63.8 cm³/mol. The highest BCUT2D eigenvalue weighted by molar-refractivity contribution is 4.93. The molecule has 100 valence electrons. The van der Waals surface area contributed by atoms with Crippen LogP contribution in [-0.2, 0) is 0 Å². The highest BCUT2D eigenvalue weighted by atomic mass is 19.4. The lowest BCUT2D eigenvalue weighted by Crippen LogP contribution is -2.38. The number of halogens is 3. The minimum Gasteiger partial charge on any atom is -0.310 e. The normalized spacial score (nSPS) is 27.8. The van der Waals surface area contributed by atoms with Gasteiger partial charge in [-0.15, -0.1) is 6.58 Å². The van der Waals surface area contributed by atoms with Crippen LogP contribution in [0.2, 0.25) is 0 Å². The zero-order valence-corrected chi connectivity index (χ0v) is 10.4. The first-order valence-corrected chi connectivity index (χ1v) is 6.41. The van der Waals surface area contributed by atoms with Gasteiger partial charge >= 0.3 is 6.18 Å². The van der Waals surface area contributed by atoms with Crippen LogP contribution in [0.15, 0.2) is 12.7 Å².